The van der Waals surface area contributed by atoms with Gasteiger partial charge in [-0.15, -0.1) is 0 Å². The Morgan fingerprint density at radius 3 is 2.62 bits per heavy atom. The highest BCUT2D eigenvalue weighted by Gasteiger charge is 2.13. The molecule has 0 saturated carbocycles. The van der Waals surface area contributed by atoms with E-state index in [1.807, 2.05) is 48.9 Å². The molecule has 0 fully saturated rings. The van der Waals surface area contributed by atoms with Gasteiger partial charge in [0.25, 0.3) is 5.91 Å². The lowest BCUT2D eigenvalue weighted by atomic mass is 10.2. The van der Waals surface area contributed by atoms with E-state index in [2.05, 4.69) is 15.1 Å². The molecule has 0 spiro atoms. The molecule has 0 aliphatic heterocycles. The minimum absolute atomic E-state index is 0.337. The van der Waals surface area contributed by atoms with E-state index in [0.717, 1.165) is 22.6 Å². The molecule has 0 unspecified atom stereocenters. The number of thiophene rings is 1. The molecule has 1 aromatic carbocycles. The summed E-state index contributed by atoms with van der Waals surface area (Å²) in [6.07, 6.45) is 1.60. The number of amides is 1. The molecule has 0 saturated heterocycles. The van der Waals surface area contributed by atoms with Crippen molar-refractivity contribution in [3.8, 4) is 5.69 Å². The van der Waals surface area contributed by atoms with Gasteiger partial charge in [0.2, 0.25) is 0 Å². The lowest BCUT2D eigenvalue weighted by Crippen LogP contribution is -2.18. The van der Waals surface area contributed by atoms with E-state index in [-0.39, 0.29) is 5.91 Å². The molecule has 0 radical (unpaired) electrons. The number of rotatable bonds is 4. The lowest BCUT2D eigenvalue weighted by molar-refractivity contribution is 0.0955. The van der Waals surface area contributed by atoms with Crippen LogP contribution in [-0.4, -0.2) is 16.7 Å². The number of benzene rings is 1. The summed E-state index contributed by atoms with van der Waals surface area (Å²) in [6, 6.07) is 11.4. The second kappa shape index (κ2) is 7.03. The van der Waals surface area contributed by atoms with Crippen molar-refractivity contribution < 1.29 is 4.79 Å². The fourth-order valence-corrected chi connectivity index (χ4v) is 3.29. The Balaban J connectivity index is 1.85. The molecule has 24 heavy (non-hydrogen) atoms. The van der Waals surface area contributed by atoms with Gasteiger partial charge in [0, 0.05) is 22.6 Å². The standard InChI is InChI=1S/C18H16ClN3OS/c1-12-3-4-13(2)22(12)15-5-6-17(19)16(9-15)18(23)21-20-10-14-7-8-24-11-14/h3-11H,1-2H3,(H,21,23). The molecule has 2 heterocycles. The SMILES string of the molecule is Cc1ccc(C)n1-c1ccc(Cl)c(C(=O)NN=Cc2ccsc2)c1. The minimum atomic E-state index is -0.337. The lowest BCUT2D eigenvalue weighted by Gasteiger charge is -2.11. The minimum Gasteiger partial charge on any atom is -0.318 e. The number of carbonyl (C=O) groups is 1. The zero-order valence-corrected chi connectivity index (χ0v) is 14.9. The summed E-state index contributed by atoms with van der Waals surface area (Å²) in [6.45, 7) is 4.04. The van der Waals surface area contributed by atoms with Gasteiger partial charge < -0.3 is 4.57 Å². The highest BCUT2D eigenvalue weighted by molar-refractivity contribution is 7.08. The van der Waals surface area contributed by atoms with Crippen LogP contribution in [0.3, 0.4) is 0 Å². The summed E-state index contributed by atoms with van der Waals surface area (Å²) >= 11 is 7.76. The number of halogens is 1. The smallest absolute Gasteiger partial charge is 0.272 e. The first kappa shape index (κ1) is 16.5. The molecule has 1 N–H and O–H groups in total. The van der Waals surface area contributed by atoms with Gasteiger partial charge in [-0.2, -0.15) is 16.4 Å². The van der Waals surface area contributed by atoms with E-state index in [9.17, 15) is 4.79 Å². The summed E-state index contributed by atoms with van der Waals surface area (Å²) in [5.41, 5.74) is 6.94. The molecule has 4 nitrogen and oxygen atoms in total. The van der Waals surface area contributed by atoms with Gasteiger partial charge in [0.1, 0.15) is 0 Å². The molecule has 3 aromatic rings. The molecule has 1 amide bonds. The van der Waals surface area contributed by atoms with E-state index in [4.69, 9.17) is 11.6 Å². The Kier molecular flexibility index (Phi) is 4.83. The zero-order valence-electron chi connectivity index (χ0n) is 13.3. The molecular weight excluding hydrogens is 342 g/mol. The summed E-state index contributed by atoms with van der Waals surface area (Å²) in [5, 5.41) is 8.26. The van der Waals surface area contributed by atoms with Crippen LogP contribution in [0.25, 0.3) is 5.69 Å². The molecule has 0 atom stereocenters. The molecule has 0 aliphatic rings. The largest absolute Gasteiger partial charge is 0.318 e. The summed E-state index contributed by atoms with van der Waals surface area (Å²) in [4.78, 5) is 12.4. The maximum absolute atomic E-state index is 12.4. The van der Waals surface area contributed by atoms with Crippen LogP contribution in [0.5, 0.6) is 0 Å². The van der Waals surface area contributed by atoms with Crippen molar-refractivity contribution in [2.45, 2.75) is 13.8 Å². The van der Waals surface area contributed by atoms with Gasteiger partial charge in [-0.05, 0) is 61.0 Å². The second-order valence-corrected chi connectivity index (χ2v) is 6.56. The van der Waals surface area contributed by atoms with Crippen molar-refractivity contribution in [1.82, 2.24) is 9.99 Å². The maximum atomic E-state index is 12.4. The van der Waals surface area contributed by atoms with Gasteiger partial charge in [-0.3, -0.25) is 4.79 Å². The normalized spacial score (nSPS) is 11.1. The van der Waals surface area contributed by atoms with E-state index in [1.54, 1.807) is 29.7 Å². The van der Waals surface area contributed by atoms with Crippen molar-refractivity contribution in [2.24, 2.45) is 5.10 Å². The van der Waals surface area contributed by atoms with E-state index >= 15 is 0 Å². The monoisotopic (exact) mass is 357 g/mol. The molecule has 6 heteroatoms. The molecule has 122 valence electrons. The highest BCUT2D eigenvalue weighted by Crippen LogP contribution is 2.23. The number of aryl methyl sites for hydroxylation is 2. The number of carbonyl (C=O) groups excluding carboxylic acids is 1. The van der Waals surface area contributed by atoms with Gasteiger partial charge in [-0.25, -0.2) is 5.43 Å². The number of hydrogen-bond acceptors (Lipinski definition) is 3. The molecule has 3 rings (SSSR count). The number of nitrogens with one attached hydrogen (secondary N) is 1. The average molecular weight is 358 g/mol. The first-order valence-electron chi connectivity index (χ1n) is 7.37. The Labute approximate surface area is 149 Å². The second-order valence-electron chi connectivity index (χ2n) is 5.37. The van der Waals surface area contributed by atoms with Crippen molar-refractivity contribution in [1.29, 1.82) is 0 Å². The average Bonchev–Trinajstić information content (AvgIpc) is 3.18. The molecular formula is C18H16ClN3OS. The summed E-state index contributed by atoms with van der Waals surface area (Å²) in [5.74, 6) is -0.337. The van der Waals surface area contributed by atoms with Crippen molar-refractivity contribution in [3.63, 3.8) is 0 Å². The summed E-state index contributed by atoms with van der Waals surface area (Å²) < 4.78 is 2.07. The molecule has 0 bridgehead atoms. The predicted octanol–water partition coefficient (Wildman–Crippen LogP) is 4.57. The van der Waals surface area contributed by atoms with Crippen LogP contribution in [0.2, 0.25) is 5.02 Å². The Bertz CT molecular complexity index is 878. The van der Waals surface area contributed by atoms with Gasteiger partial charge in [-0.1, -0.05) is 11.6 Å². The van der Waals surface area contributed by atoms with E-state index in [0.29, 0.717) is 10.6 Å². The van der Waals surface area contributed by atoms with E-state index < -0.39 is 0 Å². The first-order valence-corrected chi connectivity index (χ1v) is 8.69. The van der Waals surface area contributed by atoms with Crippen LogP contribution in [0, 0.1) is 13.8 Å². The highest BCUT2D eigenvalue weighted by atomic mass is 35.5. The number of nitrogens with zero attached hydrogens (tertiary/aromatic N) is 2. The fourth-order valence-electron chi connectivity index (χ4n) is 2.48. The van der Waals surface area contributed by atoms with Gasteiger partial charge in [0.15, 0.2) is 0 Å². The Morgan fingerprint density at radius 2 is 1.96 bits per heavy atom. The third-order valence-electron chi connectivity index (χ3n) is 3.65. The third-order valence-corrected chi connectivity index (χ3v) is 4.68. The van der Waals surface area contributed by atoms with Crippen molar-refractivity contribution in [3.05, 3.63) is 74.7 Å². The van der Waals surface area contributed by atoms with Crippen LogP contribution in [0.15, 0.2) is 52.3 Å². The Hall–Kier alpha value is -2.37. The zero-order chi connectivity index (χ0) is 17.1. The number of hydrogen-bond donors (Lipinski definition) is 1. The van der Waals surface area contributed by atoms with Gasteiger partial charge >= 0.3 is 0 Å². The van der Waals surface area contributed by atoms with Crippen molar-refractivity contribution >= 4 is 35.1 Å². The maximum Gasteiger partial charge on any atom is 0.272 e. The number of hydrazone groups is 1. The Morgan fingerprint density at radius 1 is 1.21 bits per heavy atom. The van der Waals surface area contributed by atoms with Crippen molar-refractivity contribution in [2.75, 3.05) is 0 Å². The topological polar surface area (TPSA) is 46.4 Å². The van der Waals surface area contributed by atoms with E-state index in [1.165, 1.54) is 0 Å². The molecule has 2 aromatic heterocycles. The first-order chi connectivity index (χ1) is 11.6. The predicted molar refractivity (Wildman–Crippen MR) is 99.6 cm³/mol. The number of aromatic nitrogens is 1. The van der Waals surface area contributed by atoms with Crippen LogP contribution < -0.4 is 5.43 Å². The van der Waals surface area contributed by atoms with Crippen LogP contribution in [-0.2, 0) is 0 Å². The van der Waals surface area contributed by atoms with Crippen LogP contribution in [0.1, 0.15) is 27.3 Å². The van der Waals surface area contributed by atoms with Crippen LogP contribution in [0.4, 0.5) is 0 Å². The molecule has 0 aliphatic carbocycles. The fraction of sp³-hybridized carbons (Fsp3) is 0.111. The van der Waals surface area contributed by atoms with Crippen LogP contribution >= 0.6 is 22.9 Å². The summed E-state index contributed by atoms with van der Waals surface area (Å²) in [7, 11) is 0. The third kappa shape index (κ3) is 3.42. The van der Waals surface area contributed by atoms with Gasteiger partial charge in [0.05, 0.1) is 16.8 Å². The quantitative estimate of drug-likeness (QED) is 0.539.